The van der Waals surface area contributed by atoms with Crippen molar-refractivity contribution in [1.29, 1.82) is 0 Å². The van der Waals surface area contributed by atoms with E-state index in [1.54, 1.807) is 31.3 Å². The molecule has 0 radical (unpaired) electrons. The molecule has 0 atom stereocenters. The van der Waals surface area contributed by atoms with Gasteiger partial charge in [-0.15, -0.1) is 0 Å². The van der Waals surface area contributed by atoms with E-state index in [-0.39, 0.29) is 11.6 Å². The van der Waals surface area contributed by atoms with E-state index in [9.17, 15) is 4.79 Å². The van der Waals surface area contributed by atoms with Gasteiger partial charge < -0.3 is 5.73 Å². The molecular weight excluding hydrogens is 152 g/mol. The second kappa shape index (κ2) is 3.67. The molecule has 1 aromatic rings. The number of nitrogens with zero attached hydrogens (tertiary/aromatic N) is 1. The van der Waals surface area contributed by atoms with Crippen LogP contribution in [0.15, 0.2) is 30.5 Å². The molecule has 0 saturated carbocycles. The lowest BCUT2D eigenvalue weighted by Crippen LogP contribution is -2.02. The number of rotatable bonds is 2. The van der Waals surface area contributed by atoms with Gasteiger partial charge in [-0.1, -0.05) is 6.08 Å². The summed E-state index contributed by atoms with van der Waals surface area (Å²) in [5.74, 6) is 0.170. The largest absolute Gasteiger partial charge is 0.383 e. The molecule has 0 aliphatic heterocycles. The minimum Gasteiger partial charge on any atom is -0.383 e. The van der Waals surface area contributed by atoms with Crippen molar-refractivity contribution < 1.29 is 4.79 Å². The zero-order valence-electron chi connectivity index (χ0n) is 6.82. The first kappa shape index (κ1) is 8.46. The molecule has 0 bridgehead atoms. The topological polar surface area (TPSA) is 56.0 Å². The van der Waals surface area contributed by atoms with Gasteiger partial charge in [0, 0.05) is 6.20 Å². The molecule has 2 N–H and O–H groups in total. The maximum atomic E-state index is 11.3. The molecule has 0 aromatic carbocycles. The van der Waals surface area contributed by atoms with E-state index in [0.717, 1.165) is 0 Å². The van der Waals surface area contributed by atoms with Crippen LogP contribution in [0.3, 0.4) is 0 Å². The lowest BCUT2D eigenvalue weighted by molar-refractivity contribution is 0.104. The van der Waals surface area contributed by atoms with Crippen LogP contribution in [-0.2, 0) is 0 Å². The number of aromatic nitrogens is 1. The Bertz CT molecular complexity index is 318. The van der Waals surface area contributed by atoms with Crippen LogP contribution < -0.4 is 5.73 Å². The number of nitrogens with two attached hydrogens (primary N) is 1. The smallest absolute Gasteiger partial charge is 0.189 e. The molecule has 0 amide bonds. The fourth-order valence-electron chi connectivity index (χ4n) is 0.867. The predicted octanol–water partition coefficient (Wildman–Crippen LogP) is 1.42. The van der Waals surface area contributed by atoms with Gasteiger partial charge in [0.05, 0.1) is 5.56 Å². The molecule has 0 fully saturated rings. The van der Waals surface area contributed by atoms with Gasteiger partial charge in [0.1, 0.15) is 5.82 Å². The van der Waals surface area contributed by atoms with Gasteiger partial charge in [0.25, 0.3) is 0 Å². The maximum absolute atomic E-state index is 11.3. The summed E-state index contributed by atoms with van der Waals surface area (Å²) in [5, 5.41) is 0. The monoisotopic (exact) mass is 162 g/mol. The summed E-state index contributed by atoms with van der Waals surface area (Å²) in [6.07, 6.45) is 4.70. The number of pyridine rings is 1. The summed E-state index contributed by atoms with van der Waals surface area (Å²) in [6.45, 7) is 1.78. The number of carbonyl (C=O) groups is 1. The Morgan fingerprint density at radius 1 is 1.67 bits per heavy atom. The SMILES string of the molecule is C/C=C/C(=O)c1cccnc1N. The predicted molar refractivity (Wildman–Crippen MR) is 47.8 cm³/mol. The van der Waals surface area contributed by atoms with Crippen LogP contribution in [0.1, 0.15) is 17.3 Å². The van der Waals surface area contributed by atoms with Gasteiger partial charge in [-0.25, -0.2) is 4.98 Å². The Hall–Kier alpha value is -1.64. The zero-order valence-corrected chi connectivity index (χ0v) is 6.82. The van der Waals surface area contributed by atoms with Crippen molar-refractivity contribution in [2.75, 3.05) is 5.73 Å². The number of carbonyl (C=O) groups excluding carboxylic acids is 1. The molecule has 1 heterocycles. The van der Waals surface area contributed by atoms with Crippen LogP contribution in [-0.4, -0.2) is 10.8 Å². The molecule has 0 aliphatic rings. The lowest BCUT2D eigenvalue weighted by Gasteiger charge is -1.97. The number of hydrogen-bond acceptors (Lipinski definition) is 3. The van der Waals surface area contributed by atoms with Gasteiger partial charge in [-0.2, -0.15) is 0 Å². The molecular formula is C9H10N2O. The van der Waals surface area contributed by atoms with Crippen molar-refractivity contribution in [2.24, 2.45) is 0 Å². The van der Waals surface area contributed by atoms with Crippen molar-refractivity contribution in [3.8, 4) is 0 Å². The number of hydrogen-bond donors (Lipinski definition) is 1. The third-order valence-electron chi connectivity index (χ3n) is 1.42. The molecule has 0 spiro atoms. The minimum absolute atomic E-state index is 0.108. The van der Waals surface area contributed by atoms with E-state index >= 15 is 0 Å². The molecule has 0 saturated heterocycles. The molecule has 0 unspecified atom stereocenters. The highest BCUT2D eigenvalue weighted by molar-refractivity contribution is 6.07. The van der Waals surface area contributed by atoms with Crippen molar-refractivity contribution in [2.45, 2.75) is 6.92 Å². The zero-order chi connectivity index (χ0) is 8.97. The highest BCUT2D eigenvalue weighted by atomic mass is 16.1. The van der Waals surface area contributed by atoms with E-state index in [1.165, 1.54) is 6.08 Å². The summed E-state index contributed by atoms with van der Waals surface area (Å²) in [7, 11) is 0. The second-order valence-corrected chi connectivity index (χ2v) is 2.30. The summed E-state index contributed by atoms with van der Waals surface area (Å²) in [4.78, 5) is 15.1. The average molecular weight is 162 g/mol. The fourth-order valence-corrected chi connectivity index (χ4v) is 0.867. The van der Waals surface area contributed by atoms with Crippen molar-refractivity contribution >= 4 is 11.6 Å². The molecule has 12 heavy (non-hydrogen) atoms. The van der Waals surface area contributed by atoms with Crippen LogP contribution >= 0.6 is 0 Å². The highest BCUT2D eigenvalue weighted by Crippen LogP contribution is 2.07. The van der Waals surface area contributed by atoms with E-state index in [2.05, 4.69) is 4.98 Å². The second-order valence-electron chi connectivity index (χ2n) is 2.30. The van der Waals surface area contributed by atoms with Gasteiger partial charge in [-0.05, 0) is 25.1 Å². The van der Waals surface area contributed by atoms with Crippen molar-refractivity contribution in [3.63, 3.8) is 0 Å². The first-order chi connectivity index (χ1) is 5.75. The van der Waals surface area contributed by atoms with Crippen LogP contribution in [0.4, 0.5) is 5.82 Å². The summed E-state index contributed by atoms with van der Waals surface area (Å²) < 4.78 is 0. The fraction of sp³-hybridized carbons (Fsp3) is 0.111. The third kappa shape index (κ3) is 1.69. The van der Waals surface area contributed by atoms with E-state index in [4.69, 9.17) is 5.73 Å². The lowest BCUT2D eigenvalue weighted by atomic mass is 10.1. The summed E-state index contributed by atoms with van der Waals surface area (Å²) in [6, 6.07) is 3.34. The number of nitrogen functional groups attached to an aromatic ring is 1. The quantitative estimate of drug-likeness (QED) is 0.528. The molecule has 3 heteroatoms. The van der Waals surface area contributed by atoms with Crippen LogP contribution in [0.2, 0.25) is 0 Å². The van der Waals surface area contributed by atoms with Crippen molar-refractivity contribution in [1.82, 2.24) is 4.98 Å². The van der Waals surface area contributed by atoms with Crippen LogP contribution in [0.25, 0.3) is 0 Å². The molecule has 62 valence electrons. The van der Waals surface area contributed by atoms with Gasteiger partial charge in [-0.3, -0.25) is 4.79 Å². The van der Waals surface area contributed by atoms with Gasteiger partial charge in [0.2, 0.25) is 0 Å². The minimum atomic E-state index is -0.108. The van der Waals surface area contributed by atoms with E-state index in [1.807, 2.05) is 0 Å². The normalized spacial score (nSPS) is 10.4. The maximum Gasteiger partial charge on any atom is 0.189 e. The number of allylic oxidation sites excluding steroid dienone is 2. The third-order valence-corrected chi connectivity index (χ3v) is 1.42. The van der Waals surface area contributed by atoms with E-state index in [0.29, 0.717) is 5.56 Å². The number of anilines is 1. The molecule has 3 nitrogen and oxygen atoms in total. The Balaban J connectivity index is 3.03. The van der Waals surface area contributed by atoms with Crippen molar-refractivity contribution in [3.05, 3.63) is 36.0 Å². The van der Waals surface area contributed by atoms with E-state index < -0.39 is 0 Å². The Morgan fingerprint density at radius 2 is 2.42 bits per heavy atom. The molecule has 1 aromatic heterocycles. The summed E-state index contributed by atoms with van der Waals surface area (Å²) >= 11 is 0. The first-order valence-corrected chi connectivity index (χ1v) is 3.63. The summed E-state index contributed by atoms with van der Waals surface area (Å²) in [5.41, 5.74) is 5.94. The highest BCUT2D eigenvalue weighted by Gasteiger charge is 2.04. The van der Waals surface area contributed by atoms with Crippen LogP contribution in [0.5, 0.6) is 0 Å². The molecule has 1 rings (SSSR count). The first-order valence-electron chi connectivity index (χ1n) is 3.63. The Kier molecular flexibility index (Phi) is 2.58. The molecule has 0 aliphatic carbocycles. The van der Waals surface area contributed by atoms with Crippen LogP contribution in [0, 0.1) is 0 Å². The number of ketones is 1. The Morgan fingerprint density at radius 3 is 3.00 bits per heavy atom. The van der Waals surface area contributed by atoms with Gasteiger partial charge in [0.15, 0.2) is 5.78 Å². The standard InChI is InChI=1S/C9H10N2O/c1-2-4-8(12)7-5-3-6-11-9(7)10/h2-6H,1H3,(H2,10,11)/b4-2+. The van der Waals surface area contributed by atoms with Gasteiger partial charge >= 0.3 is 0 Å². The average Bonchev–Trinajstić information content (AvgIpc) is 2.05. The Labute approximate surface area is 70.9 Å².